The highest BCUT2D eigenvalue weighted by Crippen LogP contribution is 2.24. The van der Waals surface area contributed by atoms with E-state index in [0.29, 0.717) is 12.5 Å². The van der Waals surface area contributed by atoms with E-state index < -0.39 is 0 Å². The molecule has 0 unspecified atom stereocenters. The number of hydrogen-bond donors (Lipinski definition) is 1. The number of anilines is 1. The standard InChI is InChI=1S/C16H23N7O/c1-21(2)14-11-22(12-15(14)23-9-7-18-20-23)8-5-16(24)19-13-4-3-6-17-10-13/h3-4,6-7,9-10,14-15H,5,8,11-12H2,1-2H3,(H,19,24)/t14-,15+/m1/s1. The Balaban J connectivity index is 1.53. The number of aromatic nitrogens is 4. The zero-order valence-electron chi connectivity index (χ0n) is 14.0. The summed E-state index contributed by atoms with van der Waals surface area (Å²) in [4.78, 5) is 20.6. The number of nitrogens with one attached hydrogen (secondary N) is 1. The first kappa shape index (κ1) is 16.5. The van der Waals surface area contributed by atoms with Gasteiger partial charge in [-0.3, -0.25) is 14.7 Å². The van der Waals surface area contributed by atoms with Gasteiger partial charge in [-0.25, -0.2) is 4.68 Å². The third-order valence-electron chi connectivity index (χ3n) is 4.38. The molecule has 8 heteroatoms. The van der Waals surface area contributed by atoms with Gasteiger partial charge in [-0.2, -0.15) is 0 Å². The lowest BCUT2D eigenvalue weighted by Crippen LogP contribution is -2.36. The van der Waals surface area contributed by atoms with Crippen molar-refractivity contribution in [2.75, 3.05) is 39.0 Å². The third-order valence-corrected chi connectivity index (χ3v) is 4.38. The first-order chi connectivity index (χ1) is 11.6. The van der Waals surface area contributed by atoms with Crippen molar-refractivity contribution in [3.05, 3.63) is 36.9 Å². The number of hydrogen-bond acceptors (Lipinski definition) is 6. The maximum absolute atomic E-state index is 12.1. The molecule has 2 aromatic rings. The minimum atomic E-state index is 0.00797. The van der Waals surface area contributed by atoms with E-state index in [1.54, 1.807) is 24.7 Å². The monoisotopic (exact) mass is 329 g/mol. The second-order valence-corrected chi connectivity index (χ2v) is 6.28. The van der Waals surface area contributed by atoms with Crippen molar-refractivity contribution in [1.29, 1.82) is 0 Å². The molecule has 3 heterocycles. The normalized spacial score (nSPS) is 21.3. The Bertz CT molecular complexity index is 644. The Morgan fingerprint density at radius 2 is 2.25 bits per heavy atom. The SMILES string of the molecule is CN(C)[C@@H]1CN(CCC(=O)Nc2cccnc2)C[C@@H]1n1ccnn1. The van der Waals surface area contributed by atoms with Crippen molar-refractivity contribution in [2.45, 2.75) is 18.5 Å². The fourth-order valence-electron chi connectivity index (χ4n) is 3.11. The van der Waals surface area contributed by atoms with Crippen LogP contribution in [0.3, 0.4) is 0 Å². The Morgan fingerprint density at radius 1 is 1.38 bits per heavy atom. The van der Waals surface area contributed by atoms with Crippen molar-refractivity contribution in [3.63, 3.8) is 0 Å². The Hall–Kier alpha value is -2.32. The molecule has 1 N–H and O–H groups in total. The second-order valence-electron chi connectivity index (χ2n) is 6.28. The smallest absolute Gasteiger partial charge is 0.225 e. The van der Waals surface area contributed by atoms with Crippen LogP contribution in [0.2, 0.25) is 0 Å². The van der Waals surface area contributed by atoms with Gasteiger partial charge in [0.1, 0.15) is 0 Å². The van der Waals surface area contributed by atoms with Crippen LogP contribution in [-0.2, 0) is 4.79 Å². The maximum atomic E-state index is 12.1. The molecule has 0 aromatic carbocycles. The summed E-state index contributed by atoms with van der Waals surface area (Å²) in [6.07, 6.45) is 7.40. The quantitative estimate of drug-likeness (QED) is 0.831. The molecular weight excluding hydrogens is 306 g/mol. The molecule has 1 saturated heterocycles. The Labute approximate surface area is 141 Å². The van der Waals surface area contributed by atoms with Gasteiger partial charge in [-0.15, -0.1) is 5.10 Å². The van der Waals surface area contributed by atoms with Crippen LogP contribution in [0.1, 0.15) is 12.5 Å². The maximum Gasteiger partial charge on any atom is 0.225 e. The molecule has 0 aliphatic carbocycles. The number of likely N-dealkylation sites (tertiary alicyclic amines) is 1. The summed E-state index contributed by atoms with van der Waals surface area (Å²) in [7, 11) is 4.15. The van der Waals surface area contributed by atoms with Gasteiger partial charge >= 0.3 is 0 Å². The largest absolute Gasteiger partial charge is 0.325 e. The third kappa shape index (κ3) is 3.95. The molecule has 1 amide bonds. The van der Waals surface area contributed by atoms with Crippen LogP contribution in [0, 0.1) is 0 Å². The van der Waals surface area contributed by atoms with Crippen molar-refractivity contribution in [1.82, 2.24) is 29.8 Å². The van der Waals surface area contributed by atoms with E-state index in [1.165, 1.54) is 0 Å². The average molecular weight is 329 g/mol. The van der Waals surface area contributed by atoms with E-state index in [1.807, 2.05) is 16.9 Å². The number of likely N-dealkylation sites (N-methyl/N-ethyl adjacent to an activating group) is 1. The molecule has 128 valence electrons. The lowest BCUT2D eigenvalue weighted by atomic mass is 10.1. The van der Waals surface area contributed by atoms with Crippen molar-refractivity contribution < 1.29 is 4.79 Å². The molecule has 2 aromatic heterocycles. The summed E-state index contributed by atoms with van der Waals surface area (Å²) >= 11 is 0. The summed E-state index contributed by atoms with van der Waals surface area (Å²) in [5, 5.41) is 10.9. The molecule has 1 aliphatic rings. The number of amides is 1. The fourth-order valence-corrected chi connectivity index (χ4v) is 3.11. The summed E-state index contributed by atoms with van der Waals surface area (Å²) in [5.41, 5.74) is 0.732. The van der Waals surface area contributed by atoms with Crippen LogP contribution in [0.15, 0.2) is 36.9 Å². The van der Waals surface area contributed by atoms with Gasteiger partial charge in [0.15, 0.2) is 0 Å². The zero-order valence-corrected chi connectivity index (χ0v) is 14.0. The summed E-state index contributed by atoms with van der Waals surface area (Å²) in [6.45, 7) is 2.51. The van der Waals surface area contributed by atoms with Gasteiger partial charge < -0.3 is 10.2 Å². The van der Waals surface area contributed by atoms with E-state index in [-0.39, 0.29) is 11.9 Å². The molecule has 1 aliphatic heterocycles. The Kier molecular flexibility index (Phi) is 5.17. The van der Waals surface area contributed by atoms with Crippen molar-refractivity contribution >= 4 is 11.6 Å². The highest BCUT2D eigenvalue weighted by Gasteiger charge is 2.35. The van der Waals surface area contributed by atoms with E-state index in [0.717, 1.165) is 25.3 Å². The topological polar surface area (TPSA) is 79.2 Å². The highest BCUT2D eigenvalue weighted by atomic mass is 16.1. The fraction of sp³-hybridized carbons (Fsp3) is 0.500. The van der Waals surface area contributed by atoms with Gasteiger partial charge in [0.2, 0.25) is 5.91 Å². The van der Waals surface area contributed by atoms with Crippen LogP contribution in [-0.4, -0.2) is 75.5 Å². The zero-order chi connectivity index (χ0) is 16.9. The van der Waals surface area contributed by atoms with Gasteiger partial charge in [0.25, 0.3) is 0 Å². The van der Waals surface area contributed by atoms with Gasteiger partial charge in [0.05, 0.1) is 24.1 Å². The molecule has 1 fully saturated rings. The molecule has 0 spiro atoms. The van der Waals surface area contributed by atoms with E-state index in [4.69, 9.17) is 0 Å². The lowest BCUT2D eigenvalue weighted by molar-refractivity contribution is -0.116. The average Bonchev–Trinajstić information content (AvgIpc) is 3.23. The van der Waals surface area contributed by atoms with E-state index in [9.17, 15) is 4.79 Å². The first-order valence-corrected chi connectivity index (χ1v) is 8.08. The Morgan fingerprint density at radius 3 is 2.92 bits per heavy atom. The van der Waals surface area contributed by atoms with Gasteiger partial charge in [-0.05, 0) is 26.2 Å². The van der Waals surface area contributed by atoms with Crippen LogP contribution in [0.4, 0.5) is 5.69 Å². The number of nitrogens with zero attached hydrogens (tertiary/aromatic N) is 6. The van der Waals surface area contributed by atoms with Gasteiger partial charge in [-0.1, -0.05) is 5.21 Å². The number of carbonyl (C=O) groups excluding carboxylic acids is 1. The molecule has 3 rings (SSSR count). The summed E-state index contributed by atoms with van der Waals surface area (Å²) < 4.78 is 1.92. The van der Waals surface area contributed by atoms with Crippen LogP contribution in [0.25, 0.3) is 0 Å². The summed E-state index contributed by atoms with van der Waals surface area (Å²) in [6, 6.07) is 4.25. The van der Waals surface area contributed by atoms with E-state index >= 15 is 0 Å². The van der Waals surface area contributed by atoms with Crippen molar-refractivity contribution in [2.24, 2.45) is 0 Å². The number of pyridine rings is 1. The second kappa shape index (κ2) is 7.50. The number of rotatable bonds is 6. The van der Waals surface area contributed by atoms with Crippen LogP contribution < -0.4 is 5.32 Å². The predicted octanol–water partition coefficient (Wildman–Crippen LogP) is 0.489. The number of carbonyl (C=O) groups is 1. The van der Waals surface area contributed by atoms with Crippen molar-refractivity contribution in [3.8, 4) is 0 Å². The molecule has 24 heavy (non-hydrogen) atoms. The molecule has 0 bridgehead atoms. The first-order valence-electron chi connectivity index (χ1n) is 8.08. The minimum absolute atomic E-state index is 0.00797. The molecule has 2 atom stereocenters. The van der Waals surface area contributed by atoms with Crippen LogP contribution >= 0.6 is 0 Å². The van der Waals surface area contributed by atoms with Gasteiger partial charge in [0, 0.05) is 44.5 Å². The van der Waals surface area contributed by atoms with Crippen LogP contribution in [0.5, 0.6) is 0 Å². The predicted molar refractivity (Wildman–Crippen MR) is 90.5 cm³/mol. The summed E-state index contributed by atoms with van der Waals surface area (Å²) in [5.74, 6) is 0.00797. The molecule has 0 radical (unpaired) electrons. The minimum Gasteiger partial charge on any atom is -0.325 e. The highest BCUT2D eigenvalue weighted by molar-refractivity contribution is 5.90. The lowest BCUT2D eigenvalue weighted by Gasteiger charge is -2.24. The van der Waals surface area contributed by atoms with E-state index in [2.05, 4.69) is 44.5 Å². The molecule has 0 saturated carbocycles. The molecular formula is C16H23N7O. The molecule has 8 nitrogen and oxygen atoms in total.